The molecule has 8 heteroatoms. The highest BCUT2D eigenvalue weighted by atomic mass is 16.5. The molecule has 0 N–H and O–H groups in total. The van der Waals surface area contributed by atoms with Crippen LogP contribution in [0.2, 0.25) is 0 Å². The van der Waals surface area contributed by atoms with E-state index in [0.717, 1.165) is 48.1 Å². The van der Waals surface area contributed by atoms with Crippen molar-refractivity contribution in [3.63, 3.8) is 0 Å². The second-order valence-corrected chi connectivity index (χ2v) is 8.40. The fraction of sp³-hybridized carbons (Fsp3) is 0.619. The van der Waals surface area contributed by atoms with Crippen LogP contribution in [0, 0.1) is 6.92 Å². The standard InChI is InChI=1S/C21H27N5O3/c1-13-18-15(12-16(14-5-6-14)22-19(18)24(2)23-13)20(27)25-7-9-26(10-8-25)21(28)17-4-3-11-29-17/h12,14,17H,3-11H2,1-2H3. The van der Waals surface area contributed by atoms with E-state index in [2.05, 4.69) is 5.10 Å². The molecule has 1 aliphatic carbocycles. The Bertz CT molecular complexity index is 966. The molecule has 29 heavy (non-hydrogen) atoms. The van der Waals surface area contributed by atoms with Gasteiger partial charge in [0.1, 0.15) is 6.10 Å². The van der Waals surface area contributed by atoms with Gasteiger partial charge < -0.3 is 14.5 Å². The minimum atomic E-state index is -0.295. The number of aryl methyl sites for hydroxylation is 2. The lowest BCUT2D eigenvalue weighted by molar-refractivity contribution is -0.142. The molecule has 2 saturated heterocycles. The fourth-order valence-electron chi connectivity index (χ4n) is 4.50. The molecule has 2 aromatic heterocycles. The maximum atomic E-state index is 13.4. The van der Waals surface area contributed by atoms with Crippen molar-refractivity contribution in [3.05, 3.63) is 23.0 Å². The summed E-state index contributed by atoms with van der Waals surface area (Å²) in [7, 11) is 1.88. The second kappa shape index (κ2) is 7.09. The van der Waals surface area contributed by atoms with E-state index in [1.54, 1.807) is 4.68 Å². The zero-order chi connectivity index (χ0) is 20.1. The third-order valence-electron chi connectivity index (χ3n) is 6.30. The molecule has 0 bridgehead atoms. The quantitative estimate of drug-likeness (QED) is 0.786. The van der Waals surface area contributed by atoms with Gasteiger partial charge >= 0.3 is 0 Å². The van der Waals surface area contributed by atoms with Gasteiger partial charge in [-0.2, -0.15) is 5.10 Å². The van der Waals surface area contributed by atoms with Gasteiger partial charge in [-0.05, 0) is 38.7 Å². The normalized spacial score (nSPS) is 22.5. The van der Waals surface area contributed by atoms with Crippen LogP contribution in [-0.4, -0.2) is 75.3 Å². The van der Waals surface area contributed by atoms with E-state index in [0.29, 0.717) is 44.3 Å². The second-order valence-electron chi connectivity index (χ2n) is 8.40. The van der Waals surface area contributed by atoms with Crippen molar-refractivity contribution in [3.8, 4) is 0 Å². The SMILES string of the molecule is Cc1nn(C)c2nc(C3CC3)cc(C(=O)N3CCN(C(=O)C4CCCO4)CC3)c12. The minimum Gasteiger partial charge on any atom is -0.368 e. The van der Waals surface area contributed by atoms with Gasteiger partial charge in [-0.1, -0.05) is 0 Å². The molecule has 2 amide bonds. The Labute approximate surface area is 169 Å². The number of amides is 2. The molecule has 154 valence electrons. The van der Waals surface area contributed by atoms with E-state index < -0.39 is 0 Å². The number of carbonyl (C=O) groups is 2. The van der Waals surface area contributed by atoms with E-state index in [1.165, 1.54) is 0 Å². The van der Waals surface area contributed by atoms with Crippen molar-refractivity contribution in [1.82, 2.24) is 24.6 Å². The lowest BCUT2D eigenvalue weighted by Crippen LogP contribution is -2.52. The van der Waals surface area contributed by atoms with Crippen LogP contribution in [0.1, 0.15) is 53.3 Å². The molecule has 0 aromatic carbocycles. The lowest BCUT2D eigenvalue weighted by atomic mass is 10.1. The number of hydrogen-bond donors (Lipinski definition) is 0. The van der Waals surface area contributed by atoms with Crippen LogP contribution in [0.4, 0.5) is 0 Å². The molecule has 0 radical (unpaired) electrons. The smallest absolute Gasteiger partial charge is 0.254 e. The van der Waals surface area contributed by atoms with Crippen molar-refractivity contribution in [1.29, 1.82) is 0 Å². The van der Waals surface area contributed by atoms with E-state index in [4.69, 9.17) is 9.72 Å². The van der Waals surface area contributed by atoms with Crippen LogP contribution >= 0.6 is 0 Å². The number of aromatic nitrogens is 3. The lowest BCUT2D eigenvalue weighted by Gasteiger charge is -2.36. The molecule has 3 aliphatic rings. The number of piperazine rings is 1. The number of pyridine rings is 1. The van der Waals surface area contributed by atoms with Gasteiger partial charge in [0.05, 0.1) is 16.6 Å². The van der Waals surface area contributed by atoms with Gasteiger partial charge in [0, 0.05) is 51.4 Å². The third kappa shape index (κ3) is 3.29. The topological polar surface area (TPSA) is 80.6 Å². The van der Waals surface area contributed by atoms with Crippen LogP contribution < -0.4 is 0 Å². The first-order chi connectivity index (χ1) is 14.0. The maximum Gasteiger partial charge on any atom is 0.254 e. The number of fused-ring (bicyclic) bond motifs is 1. The maximum absolute atomic E-state index is 13.4. The predicted molar refractivity (Wildman–Crippen MR) is 107 cm³/mol. The summed E-state index contributed by atoms with van der Waals surface area (Å²) in [6.07, 6.45) is 3.72. The largest absolute Gasteiger partial charge is 0.368 e. The Morgan fingerprint density at radius 1 is 1.10 bits per heavy atom. The van der Waals surface area contributed by atoms with Gasteiger partial charge in [0.2, 0.25) is 0 Å². The minimum absolute atomic E-state index is 0.0135. The Kier molecular flexibility index (Phi) is 4.53. The Balaban J connectivity index is 1.37. The number of carbonyl (C=O) groups excluding carboxylic acids is 2. The summed E-state index contributed by atoms with van der Waals surface area (Å²) in [6.45, 7) is 4.79. The van der Waals surface area contributed by atoms with E-state index in [9.17, 15) is 9.59 Å². The molecule has 1 atom stereocenters. The van der Waals surface area contributed by atoms with E-state index >= 15 is 0 Å². The average molecular weight is 397 g/mol. The van der Waals surface area contributed by atoms with Crippen molar-refractivity contribution in [2.24, 2.45) is 7.05 Å². The summed E-state index contributed by atoms with van der Waals surface area (Å²) in [5, 5.41) is 5.34. The summed E-state index contributed by atoms with van der Waals surface area (Å²) in [6, 6.07) is 1.97. The highest BCUT2D eigenvalue weighted by Crippen LogP contribution is 2.40. The van der Waals surface area contributed by atoms with Crippen LogP contribution in [-0.2, 0) is 16.6 Å². The summed E-state index contributed by atoms with van der Waals surface area (Å²) >= 11 is 0. The molecule has 2 aliphatic heterocycles. The highest BCUT2D eigenvalue weighted by molar-refractivity contribution is 6.06. The summed E-state index contributed by atoms with van der Waals surface area (Å²) < 4.78 is 7.30. The van der Waals surface area contributed by atoms with Crippen LogP contribution in [0.5, 0.6) is 0 Å². The van der Waals surface area contributed by atoms with Crippen LogP contribution in [0.15, 0.2) is 6.07 Å². The van der Waals surface area contributed by atoms with Gasteiger partial charge in [0.15, 0.2) is 5.65 Å². The van der Waals surface area contributed by atoms with Crippen LogP contribution in [0.25, 0.3) is 11.0 Å². The molecule has 0 spiro atoms. The highest BCUT2D eigenvalue weighted by Gasteiger charge is 2.33. The zero-order valence-corrected chi connectivity index (χ0v) is 17.1. The molecule has 1 unspecified atom stereocenters. The molecular formula is C21H27N5O3. The summed E-state index contributed by atoms with van der Waals surface area (Å²) in [5.41, 5.74) is 3.30. The van der Waals surface area contributed by atoms with Gasteiger partial charge in [-0.25, -0.2) is 4.98 Å². The Morgan fingerprint density at radius 3 is 2.48 bits per heavy atom. The van der Waals surface area contributed by atoms with Crippen molar-refractivity contribution < 1.29 is 14.3 Å². The average Bonchev–Trinajstić information content (AvgIpc) is 3.37. The first-order valence-electron chi connectivity index (χ1n) is 10.6. The van der Waals surface area contributed by atoms with E-state index in [-0.39, 0.29) is 17.9 Å². The number of ether oxygens (including phenoxy) is 1. The zero-order valence-electron chi connectivity index (χ0n) is 17.1. The monoisotopic (exact) mass is 397 g/mol. The van der Waals surface area contributed by atoms with Gasteiger partial charge in [-0.3, -0.25) is 14.3 Å². The fourth-order valence-corrected chi connectivity index (χ4v) is 4.50. The van der Waals surface area contributed by atoms with Crippen molar-refractivity contribution >= 4 is 22.8 Å². The van der Waals surface area contributed by atoms with Gasteiger partial charge in [-0.15, -0.1) is 0 Å². The molecule has 3 fully saturated rings. The number of hydrogen-bond acceptors (Lipinski definition) is 5. The molecule has 5 rings (SSSR count). The van der Waals surface area contributed by atoms with Crippen LogP contribution in [0.3, 0.4) is 0 Å². The number of nitrogens with zero attached hydrogens (tertiary/aromatic N) is 5. The van der Waals surface area contributed by atoms with Crippen molar-refractivity contribution in [2.45, 2.75) is 44.6 Å². The Morgan fingerprint density at radius 2 is 1.83 bits per heavy atom. The van der Waals surface area contributed by atoms with Gasteiger partial charge in [0.25, 0.3) is 11.8 Å². The Hall–Kier alpha value is -2.48. The first-order valence-corrected chi connectivity index (χ1v) is 10.6. The molecular weight excluding hydrogens is 370 g/mol. The van der Waals surface area contributed by atoms with Crippen molar-refractivity contribution in [2.75, 3.05) is 32.8 Å². The first kappa shape index (κ1) is 18.5. The third-order valence-corrected chi connectivity index (χ3v) is 6.30. The number of rotatable bonds is 3. The predicted octanol–water partition coefficient (Wildman–Crippen LogP) is 1.62. The summed E-state index contributed by atoms with van der Waals surface area (Å²) in [5.74, 6) is 0.543. The molecule has 1 saturated carbocycles. The molecule has 2 aromatic rings. The summed E-state index contributed by atoms with van der Waals surface area (Å²) in [4.78, 5) is 34.5. The molecule has 4 heterocycles. The van der Waals surface area contributed by atoms with E-state index in [1.807, 2.05) is 29.8 Å². The molecule has 8 nitrogen and oxygen atoms in total.